The maximum Gasteiger partial charge on any atom is 0.127 e. The van der Waals surface area contributed by atoms with Crippen molar-refractivity contribution in [2.75, 3.05) is 0 Å². The lowest BCUT2D eigenvalue weighted by Gasteiger charge is -2.29. The van der Waals surface area contributed by atoms with Gasteiger partial charge in [-0.2, -0.15) is 0 Å². The lowest BCUT2D eigenvalue weighted by molar-refractivity contribution is 0.358. The zero-order chi connectivity index (χ0) is 13.2. The van der Waals surface area contributed by atoms with E-state index in [-0.39, 0.29) is 11.4 Å². The minimum Gasteiger partial charge on any atom is -0.325 e. The van der Waals surface area contributed by atoms with Crippen LogP contribution in [-0.4, -0.2) is 5.54 Å². The van der Waals surface area contributed by atoms with Crippen molar-refractivity contribution >= 4 is 11.6 Å². The predicted octanol–water partition coefficient (Wildman–Crippen LogP) is 4.32. The van der Waals surface area contributed by atoms with Crippen molar-refractivity contribution < 1.29 is 4.39 Å². The highest BCUT2D eigenvalue weighted by Gasteiger charge is 2.30. The molecule has 2 atom stereocenters. The molecule has 0 heterocycles. The molecule has 100 valence electrons. The van der Waals surface area contributed by atoms with Crippen LogP contribution in [0.25, 0.3) is 0 Å². The van der Waals surface area contributed by atoms with Crippen molar-refractivity contribution in [1.82, 2.24) is 0 Å². The average molecular weight is 270 g/mol. The lowest BCUT2D eigenvalue weighted by Crippen LogP contribution is -2.41. The van der Waals surface area contributed by atoms with Gasteiger partial charge < -0.3 is 5.73 Å². The second-order valence-corrected chi connectivity index (χ2v) is 6.18. The molecule has 2 rings (SSSR count). The number of rotatable bonds is 2. The first kappa shape index (κ1) is 13.8. The van der Waals surface area contributed by atoms with Gasteiger partial charge in [0.1, 0.15) is 5.82 Å². The van der Waals surface area contributed by atoms with Crippen molar-refractivity contribution in [1.29, 1.82) is 0 Å². The first-order chi connectivity index (χ1) is 8.50. The number of nitrogens with two attached hydrogens (primary N) is 1. The van der Waals surface area contributed by atoms with E-state index in [9.17, 15) is 4.39 Å². The molecule has 0 aromatic heterocycles. The molecule has 1 aliphatic carbocycles. The number of hydrogen-bond donors (Lipinski definition) is 1. The van der Waals surface area contributed by atoms with Crippen LogP contribution < -0.4 is 5.73 Å². The minimum absolute atomic E-state index is 0.232. The highest BCUT2D eigenvalue weighted by Crippen LogP contribution is 2.33. The van der Waals surface area contributed by atoms with Crippen molar-refractivity contribution in [2.24, 2.45) is 11.7 Å². The molecule has 3 heteroatoms. The molecule has 0 radical (unpaired) electrons. The second kappa shape index (κ2) is 5.58. The van der Waals surface area contributed by atoms with E-state index in [0.29, 0.717) is 17.0 Å². The molecule has 18 heavy (non-hydrogen) atoms. The van der Waals surface area contributed by atoms with Crippen LogP contribution in [0.1, 0.15) is 44.6 Å². The maximum atomic E-state index is 13.8. The standard InChI is InChI=1S/C15H21ClFN/c1-11-4-3-8-15(18,9-7-11)10-12-13(16)5-2-6-14(12)17/h2,5-6,11H,3-4,7-10,18H2,1H3. The molecule has 0 spiro atoms. The van der Waals surface area contributed by atoms with Crippen molar-refractivity contribution in [3.63, 3.8) is 0 Å². The third-order valence-corrected chi connectivity index (χ3v) is 4.45. The lowest BCUT2D eigenvalue weighted by atomic mass is 9.84. The Bertz CT molecular complexity index is 401. The molecule has 2 N–H and O–H groups in total. The summed E-state index contributed by atoms with van der Waals surface area (Å²) in [6.45, 7) is 2.27. The molecule has 1 nitrogen and oxygen atoms in total. The van der Waals surface area contributed by atoms with Gasteiger partial charge in [0.25, 0.3) is 0 Å². The van der Waals surface area contributed by atoms with Gasteiger partial charge in [0.15, 0.2) is 0 Å². The van der Waals surface area contributed by atoms with E-state index in [1.54, 1.807) is 12.1 Å². The van der Waals surface area contributed by atoms with Crippen molar-refractivity contribution in [3.8, 4) is 0 Å². The summed E-state index contributed by atoms with van der Waals surface area (Å²) in [5, 5.41) is 0.497. The van der Waals surface area contributed by atoms with Gasteiger partial charge in [-0.3, -0.25) is 0 Å². The molecule has 2 unspecified atom stereocenters. The Morgan fingerprint density at radius 2 is 2.17 bits per heavy atom. The Kier molecular flexibility index (Phi) is 4.29. The van der Waals surface area contributed by atoms with Gasteiger partial charge in [-0.25, -0.2) is 4.39 Å². The van der Waals surface area contributed by atoms with Crippen molar-refractivity contribution in [3.05, 3.63) is 34.6 Å². The molecule has 0 saturated heterocycles. The van der Waals surface area contributed by atoms with Gasteiger partial charge in [0.2, 0.25) is 0 Å². The van der Waals surface area contributed by atoms with Gasteiger partial charge in [0, 0.05) is 16.1 Å². The normalized spacial score (nSPS) is 29.0. The highest BCUT2D eigenvalue weighted by atomic mass is 35.5. The quantitative estimate of drug-likeness (QED) is 0.795. The van der Waals surface area contributed by atoms with Crippen LogP contribution in [0.2, 0.25) is 5.02 Å². The molecule has 1 aliphatic rings. The van der Waals surface area contributed by atoms with E-state index in [0.717, 1.165) is 31.6 Å². The summed E-state index contributed by atoms with van der Waals surface area (Å²) >= 11 is 6.08. The average Bonchev–Trinajstić information content (AvgIpc) is 2.47. The molecule has 0 bridgehead atoms. The Balaban J connectivity index is 2.16. The summed E-state index contributed by atoms with van der Waals surface area (Å²) in [6.07, 6.45) is 5.95. The van der Waals surface area contributed by atoms with Crippen LogP contribution in [0.3, 0.4) is 0 Å². The number of benzene rings is 1. The summed E-state index contributed by atoms with van der Waals surface area (Å²) in [4.78, 5) is 0. The minimum atomic E-state index is -0.295. The van der Waals surface area contributed by atoms with E-state index in [1.165, 1.54) is 12.5 Å². The van der Waals surface area contributed by atoms with Crippen LogP contribution in [-0.2, 0) is 6.42 Å². The van der Waals surface area contributed by atoms with Crippen LogP contribution in [0.15, 0.2) is 18.2 Å². The monoisotopic (exact) mass is 269 g/mol. The van der Waals surface area contributed by atoms with Crippen LogP contribution in [0.5, 0.6) is 0 Å². The number of hydrogen-bond acceptors (Lipinski definition) is 1. The highest BCUT2D eigenvalue weighted by molar-refractivity contribution is 6.31. The third kappa shape index (κ3) is 3.24. The summed E-state index contributed by atoms with van der Waals surface area (Å²) in [5.74, 6) is 0.496. The Morgan fingerprint density at radius 3 is 2.89 bits per heavy atom. The topological polar surface area (TPSA) is 26.0 Å². The predicted molar refractivity (Wildman–Crippen MR) is 74.3 cm³/mol. The SMILES string of the molecule is CC1CCCC(N)(Cc2c(F)cccc2Cl)CC1. The summed E-state index contributed by atoms with van der Waals surface area (Å²) in [7, 11) is 0. The largest absolute Gasteiger partial charge is 0.325 e. The van der Waals surface area contributed by atoms with Gasteiger partial charge >= 0.3 is 0 Å². The van der Waals surface area contributed by atoms with E-state index in [1.807, 2.05) is 0 Å². The fraction of sp³-hybridized carbons (Fsp3) is 0.600. The Labute approximate surface area is 114 Å². The fourth-order valence-corrected chi connectivity index (χ4v) is 3.07. The van der Waals surface area contributed by atoms with Gasteiger partial charge in [-0.05, 0) is 43.7 Å². The Morgan fingerprint density at radius 1 is 1.39 bits per heavy atom. The van der Waals surface area contributed by atoms with E-state index >= 15 is 0 Å². The van der Waals surface area contributed by atoms with Gasteiger partial charge in [-0.1, -0.05) is 37.4 Å². The zero-order valence-electron chi connectivity index (χ0n) is 10.9. The third-order valence-electron chi connectivity index (χ3n) is 4.10. The maximum absolute atomic E-state index is 13.8. The number of halogens is 2. The van der Waals surface area contributed by atoms with Crippen molar-refractivity contribution in [2.45, 2.75) is 51.0 Å². The fourth-order valence-electron chi connectivity index (χ4n) is 2.84. The summed E-state index contributed by atoms with van der Waals surface area (Å²) < 4.78 is 13.8. The summed E-state index contributed by atoms with van der Waals surface area (Å²) in [5.41, 5.74) is 6.75. The molecule has 1 fully saturated rings. The van der Waals surface area contributed by atoms with E-state index in [4.69, 9.17) is 17.3 Å². The molecule has 0 aliphatic heterocycles. The summed E-state index contributed by atoms with van der Waals surface area (Å²) in [6, 6.07) is 4.84. The molecular formula is C15H21ClFN. The molecule has 1 aromatic carbocycles. The van der Waals surface area contributed by atoms with Gasteiger partial charge in [0.05, 0.1) is 0 Å². The Hall–Kier alpha value is -0.600. The molecule has 1 aromatic rings. The van der Waals surface area contributed by atoms with Crippen LogP contribution in [0, 0.1) is 11.7 Å². The van der Waals surface area contributed by atoms with Crippen LogP contribution >= 0.6 is 11.6 Å². The molecule has 0 amide bonds. The van der Waals surface area contributed by atoms with Crippen LogP contribution in [0.4, 0.5) is 4.39 Å². The molecule has 1 saturated carbocycles. The first-order valence-corrected chi connectivity index (χ1v) is 7.10. The second-order valence-electron chi connectivity index (χ2n) is 5.78. The van der Waals surface area contributed by atoms with E-state index in [2.05, 4.69) is 6.92 Å². The van der Waals surface area contributed by atoms with E-state index < -0.39 is 0 Å². The zero-order valence-corrected chi connectivity index (χ0v) is 11.6. The first-order valence-electron chi connectivity index (χ1n) is 6.72. The van der Waals surface area contributed by atoms with Gasteiger partial charge in [-0.15, -0.1) is 0 Å². The smallest absolute Gasteiger partial charge is 0.127 e. The molecular weight excluding hydrogens is 249 g/mol.